The van der Waals surface area contributed by atoms with Crippen molar-refractivity contribution in [2.45, 2.75) is 33.6 Å². The van der Waals surface area contributed by atoms with E-state index in [-0.39, 0.29) is 11.7 Å². The zero-order valence-corrected chi connectivity index (χ0v) is 8.09. The molecule has 0 bridgehead atoms. The molecule has 1 heterocycles. The van der Waals surface area contributed by atoms with Crippen LogP contribution in [0.15, 0.2) is 0 Å². The van der Waals surface area contributed by atoms with Gasteiger partial charge in [-0.15, -0.1) is 0 Å². The van der Waals surface area contributed by atoms with Crippen molar-refractivity contribution in [1.82, 2.24) is 4.90 Å². The van der Waals surface area contributed by atoms with Gasteiger partial charge >= 0.3 is 0 Å². The van der Waals surface area contributed by atoms with Gasteiger partial charge in [0.2, 0.25) is 5.78 Å². The molecule has 1 saturated heterocycles. The Labute approximate surface area is 73.7 Å². The molecular weight excluding hydrogens is 154 g/mol. The molecule has 0 aliphatic carbocycles. The molecule has 0 radical (unpaired) electrons. The fraction of sp³-hybridized carbons (Fsp3) is 0.778. The van der Waals surface area contributed by atoms with E-state index in [0.717, 1.165) is 25.9 Å². The molecule has 0 unspecified atom stereocenters. The van der Waals surface area contributed by atoms with Gasteiger partial charge in [-0.2, -0.15) is 0 Å². The highest BCUT2D eigenvalue weighted by molar-refractivity contribution is 6.35. The molecular formula is C9H17NO2. The van der Waals surface area contributed by atoms with Crippen molar-refractivity contribution in [3.8, 4) is 0 Å². The smallest absolute Gasteiger partial charge is 0.289 e. The van der Waals surface area contributed by atoms with Crippen LogP contribution in [0.25, 0.3) is 0 Å². The molecule has 1 fully saturated rings. The maximum Gasteiger partial charge on any atom is 0.289 e. The zero-order valence-electron chi connectivity index (χ0n) is 8.09. The first kappa shape index (κ1) is 11.1. The van der Waals surface area contributed by atoms with E-state index in [9.17, 15) is 9.59 Å². The van der Waals surface area contributed by atoms with Gasteiger partial charge in [0.1, 0.15) is 0 Å². The first-order chi connectivity index (χ1) is 5.72. The van der Waals surface area contributed by atoms with Crippen molar-refractivity contribution in [1.29, 1.82) is 0 Å². The van der Waals surface area contributed by atoms with Gasteiger partial charge in [-0.3, -0.25) is 9.59 Å². The highest BCUT2D eigenvalue weighted by Crippen LogP contribution is 2.07. The summed E-state index contributed by atoms with van der Waals surface area (Å²) < 4.78 is 0. The number of amides is 1. The summed E-state index contributed by atoms with van der Waals surface area (Å²) in [7, 11) is 0. The van der Waals surface area contributed by atoms with E-state index < -0.39 is 0 Å². The van der Waals surface area contributed by atoms with Crippen molar-refractivity contribution in [2.24, 2.45) is 0 Å². The van der Waals surface area contributed by atoms with E-state index in [1.54, 1.807) is 4.90 Å². The molecule has 0 aromatic carbocycles. The van der Waals surface area contributed by atoms with E-state index in [1.807, 2.05) is 13.8 Å². The number of ketones is 1. The van der Waals surface area contributed by atoms with Crippen molar-refractivity contribution >= 4 is 11.7 Å². The minimum absolute atomic E-state index is 0.322. The molecule has 0 atom stereocenters. The predicted octanol–water partition coefficient (Wildman–Crippen LogP) is 1.22. The van der Waals surface area contributed by atoms with Gasteiger partial charge in [-0.05, 0) is 12.8 Å². The van der Waals surface area contributed by atoms with E-state index in [2.05, 4.69) is 0 Å². The lowest BCUT2D eigenvalue weighted by atomic mass is 10.4. The topological polar surface area (TPSA) is 37.4 Å². The fourth-order valence-electron chi connectivity index (χ4n) is 1.14. The average molecular weight is 171 g/mol. The molecule has 0 N–H and O–H groups in total. The zero-order chi connectivity index (χ0) is 9.56. The van der Waals surface area contributed by atoms with Crippen LogP contribution < -0.4 is 0 Å². The predicted molar refractivity (Wildman–Crippen MR) is 47.8 cm³/mol. The minimum Gasteiger partial charge on any atom is -0.336 e. The van der Waals surface area contributed by atoms with Crippen LogP contribution in [0.1, 0.15) is 33.6 Å². The fourth-order valence-corrected chi connectivity index (χ4v) is 1.14. The van der Waals surface area contributed by atoms with Crippen LogP contribution in [0, 0.1) is 0 Å². The minimum atomic E-state index is -0.345. The van der Waals surface area contributed by atoms with Crippen molar-refractivity contribution in [2.75, 3.05) is 13.1 Å². The standard InChI is InChI=1S/C7H11NO2.C2H6/c1-6(9)7(10)8-4-2-3-5-8;1-2/h2-5H2,1H3;1-2H3. The molecule has 0 saturated carbocycles. The number of hydrogen-bond acceptors (Lipinski definition) is 2. The van der Waals surface area contributed by atoms with Crippen LogP contribution in [0.5, 0.6) is 0 Å². The Hall–Kier alpha value is -0.860. The van der Waals surface area contributed by atoms with Gasteiger partial charge < -0.3 is 4.90 Å². The molecule has 1 aliphatic rings. The Bertz CT molecular complexity index is 160. The Morgan fingerprint density at radius 1 is 1.08 bits per heavy atom. The molecule has 70 valence electrons. The quantitative estimate of drug-likeness (QED) is 0.556. The third kappa shape index (κ3) is 3.03. The van der Waals surface area contributed by atoms with Crippen LogP contribution >= 0.6 is 0 Å². The van der Waals surface area contributed by atoms with E-state index in [4.69, 9.17) is 0 Å². The van der Waals surface area contributed by atoms with E-state index in [1.165, 1.54) is 6.92 Å². The van der Waals surface area contributed by atoms with Crippen LogP contribution in [0.4, 0.5) is 0 Å². The molecule has 1 aliphatic heterocycles. The highest BCUT2D eigenvalue weighted by atomic mass is 16.2. The number of carbonyl (C=O) groups excluding carboxylic acids is 2. The summed E-state index contributed by atoms with van der Waals surface area (Å²) >= 11 is 0. The number of carbonyl (C=O) groups is 2. The Kier molecular flexibility index (Phi) is 5.34. The number of rotatable bonds is 1. The van der Waals surface area contributed by atoms with Crippen molar-refractivity contribution < 1.29 is 9.59 Å². The van der Waals surface area contributed by atoms with Crippen LogP contribution in [0.3, 0.4) is 0 Å². The SMILES string of the molecule is CC.CC(=O)C(=O)N1CCCC1. The number of Topliss-reactive ketones (excluding diaryl/α,β-unsaturated/α-hetero) is 1. The molecule has 3 heteroatoms. The lowest BCUT2D eigenvalue weighted by Gasteiger charge is -2.11. The Morgan fingerprint density at radius 2 is 1.50 bits per heavy atom. The summed E-state index contributed by atoms with van der Waals surface area (Å²) in [5.74, 6) is -0.667. The summed E-state index contributed by atoms with van der Waals surface area (Å²) in [5, 5.41) is 0. The molecule has 0 spiro atoms. The van der Waals surface area contributed by atoms with Gasteiger partial charge in [0.25, 0.3) is 5.91 Å². The monoisotopic (exact) mass is 171 g/mol. The number of hydrogen-bond donors (Lipinski definition) is 0. The molecule has 12 heavy (non-hydrogen) atoms. The lowest BCUT2D eigenvalue weighted by Crippen LogP contribution is -2.32. The van der Waals surface area contributed by atoms with Gasteiger partial charge in [0.15, 0.2) is 0 Å². The third-order valence-electron chi connectivity index (χ3n) is 1.69. The summed E-state index contributed by atoms with van der Waals surface area (Å²) in [6.45, 7) is 6.84. The molecule has 0 aromatic heterocycles. The van der Waals surface area contributed by atoms with Crippen LogP contribution in [0.2, 0.25) is 0 Å². The van der Waals surface area contributed by atoms with Gasteiger partial charge in [0, 0.05) is 20.0 Å². The molecule has 0 aromatic rings. The third-order valence-corrected chi connectivity index (χ3v) is 1.69. The summed E-state index contributed by atoms with van der Waals surface area (Å²) in [6, 6.07) is 0. The first-order valence-corrected chi connectivity index (χ1v) is 4.51. The van der Waals surface area contributed by atoms with Crippen molar-refractivity contribution in [3.63, 3.8) is 0 Å². The van der Waals surface area contributed by atoms with Gasteiger partial charge in [-0.1, -0.05) is 13.8 Å². The summed E-state index contributed by atoms with van der Waals surface area (Å²) in [5.41, 5.74) is 0. The first-order valence-electron chi connectivity index (χ1n) is 4.51. The Balaban J connectivity index is 0.000000561. The molecule has 1 rings (SSSR count). The summed E-state index contributed by atoms with van der Waals surface area (Å²) in [4.78, 5) is 23.1. The lowest BCUT2D eigenvalue weighted by molar-refractivity contribution is -0.142. The van der Waals surface area contributed by atoms with Crippen LogP contribution in [-0.4, -0.2) is 29.7 Å². The van der Waals surface area contributed by atoms with E-state index in [0.29, 0.717) is 0 Å². The number of likely N-dealkylation sites (tertiary alicyclic amines) is 1. The van der Waals surface area contributed by atoms with Gasteiger partial charge in [-0.25, -0.2) is 0 Å². The average Bonchev–Trinajstić information content (AvgIpc) is 2.58. The Morgan fingerprint density at radius 3 is 1.83 bits per heavy atom. The largest absolute Gasteiger partial charge is 0.336 e. The maximum absolute atomic E-state index is 10.9. The van der Waals surface area contributed by atoms with Crippen LogP contribution in [-0.2, 0) is 9.59 Å². The molecule has 3 nitrogen and oxygen atoms in total. The molecule has 1 amide bonds. The second-order valence-corrected chi connectivity index (χ2v) is 2.56. The second kappa shape index (κ2) is 5.75. The summed E-state index contributed by atoms with van der Waals surface area (Å²) in [6.07, 6.45) is 2.08. The second-order valence-electron chi connectivity index (χ2n) is 2.56. The normalized spacial score (nSPS) is 15.1. The maximum atomic E-state index is 10.9. The van der Waals surface area contributed by atoms with Gasteiger partial charge in [0.05, 0.1) is 0 Å². The van der Waals surface area contributed by atoms with E-state index >= 15 is 0 Å². The van der Waals surface area contributed by atoms with Crippen molar-refractivity contribution in [3.05, 3.63) is 0 Å². The number of nitrogens with zero attached hydrogens (tertiary/aromatic N) is 1. The highest BCUT2D eigenvalue weighted by Gasteiger charge is 2.20.